The Morgan fingerprint density at radius 2 is 1.68 bits per heavy atom. The molecule has 2 fully saturated rings. The van der Waals surface area contributed by atoms with Crippen molar-refractivity contribution in [3.8, 4) is 0 Å². The molecule has 0 aromatic carbocycles. The molecule has 0 bridgehead atoms. The number of hydrogen-bond acceptors (Lipinski definition) is 7. The molecule has 2 aliphatic heterocycles. The zero-order valence-electron chi connectivity index (χ0n) is 11.2. The van der Waals surface area contributed by atoms with Crippen LogP contribution in [0.2, 0.25) is 0 Å². The Kier molecular flexibility index (Phi) is 2.93. The molecule has 2 saturated heterocycles. The van der Waals surface area contributed by atoms with Gasteiger partial charge in [-0.05, 0) is 26.2 Å². The number of aromatic nitrogens is 3. The zero-order chi connectivity index (χ0) is 13.5. The van der Waals surface area contributed by atoms with Gasteiger partial charge in [0.1, 0.15) is 0 Å². The third kappa shape index (κ3) is 2.56. The zero-order valence-corrected chi connectivity index (χ0v) is 11.2. The summed E-state index contributed by atoms with van der Waals surface area (Å²) in [7, 11) is 0. The molecule has 104 valence electrons. The lowest BCUT2D eigenvalue weighted by Gasteiger charge is -2.21. The van der Waals surface area contributed by atoms with Crippen molar-refractivity contribution in [2.24, 2.45) is 0 Å². The van der Waals surface area contributed by atoms with Crippen molar-refractivity contribution in [1.82, 2.24) is 15.0 Å². The molecule has 1 atom stereocenters. The van der Waals surface area contributed by atoms with Gasteiger partial charge in [-0.2, -0.15) is 15.0 Å². The molecule has 7 nitrogen and oxygen atoms in total. The fraction of sp³-hybridized carbons (Fsp3) is 0.750. The van der Waals surface area contributed by atoms with Gasteiger partial charge in [0.25, 0.3) is 0 Å². The smallest absolute Gasteiger partial charge is 0.232 e. The van der Waals surface area contributed by atoms with Crippen LogP contribution in [0.3, 0.4) is 0 Å². The molecular weight excluding hydrogens is 244 g/mol. The number of hydrogen-bond donors (Lipinski definition) is 2. The van der Waals surface area contributed by atoms with E-state index in [4.69, 9.17) is 5.73 Å². The first-order valence-corrected chi connectivity index (χ1v) is 6.77. The van der Waals surface area contributed by atoms with Crippen LogP contribution in [0, 0.1) is 0 Å². The number of rotatable bonds is 2. The highest BCUT2D eigenvalue weighted by Crippen LogP contribution is 2.26. The Morgan fingerprint density at radius 1 is 1.05 bits per heavy atom. The summed E-state index contributed by atoms with van der Waals surface area (Å²) in [6.45, 7) is 5.06. The molecule has 3 heterocycles. The Labute approximate surface area is 112 Å². The Balaban J connectivity index is 1.85. The molecule has 1 aromatic heterocycles. The van der Waals surface area contributed by atoms with Gasteiger partial charge in [-0.15, -0.1) is 0 Å². The quantitative estimate of drug-likeness (QED) is 0.777. The maximum Gasteiger partial charge on any atom is 0.232 e. The molecule has 19 heavy (non-hydrogen) atoms. The van der Waals surface area contributed by atoms with Gasteiger partial charge >= 0.3 is 0 Å². The monoisotopic (exact) mass is 264 g/mol. The van der Waals surface area contributed by atoms with Crippen molar-refractivity contribution in [2.75, 3.05) is 41.7 Å². The minimum absolute atomic E-state index is 0.249. The Morgan fingerprint density at radius 3 is 2.26 bits per heavy atom. The van der Waals surface area contributed by atoms with Gasteiger partial charge in [-0.1, -0.05) is 0 Å². The third-order valence-electron chi connectivity index (χ3n) is 3.75. The summed E-state index contributed by atoms with van der Waals surface area (Å²) in [6, 6.07) is 0. The van der Waals surface area contributed by atoms with Crippen molar-refractivity contribution < 1.29 is 5.11 Å². The first-order valence-electron chi connectivity index (χ1n) is 6.77. The van der Waals surface area contributed by atoms with Gasteiger partial charge in [-0.3, -0.25) is 0 Å². The average molecular weight is 264 g/mol. The van der Waals surface area contributed by atoms with E-state index >= 15 is 0 Å². The van der Waals surface area contributed by atoms with Crippen molar-refractivity contribution in [2.45, 2.75) is 31.8 Å². The third-order valence-corrected chi connectivity index (χ3v) is 3.75. The standard InChI is InChI=1S/C12H20N6O/c1-12(19)4-7-18(8-12)11-15-9(13)14-10(16-11)17-5-2-3-6-17/h19H,2-8H2,1H3,(H2,13,14,15,16). The van der Waals surface area contributed by atoms with Crippen molar-refractivity contribution in [3.63, 3.8) is 0 Å². The predicted molar refractivity (Wildman–Crippen MR) is 73.1 cm³/mol. The molecule has 1 aromatic rings. The first kappa shape index (κ1) is 12.4. The molecule has 0 spiro atoms. The summed E-state index contributed by atoms with van der Waals surface area (Å²) in [6.07, 6.45) is 3.05. The minimum atomic E-state index is -0.671. The van der Waals surface area contributed by atoms with E-state index in [0.717, 1.165) is 26.1 Å². The van der Waals surface area contributed by atoms with E-state index in [1.54, 1.807) is 0 Å². The van der Waals surface area contributed by atoms with Gasteiger partial charge in [0.15, 0.2) is 0 Å². The average Bonchev–Trinajstić information content (AvgIpc) is 2.97. The number of nitrogen functional groups attached to an aromatic ring is 1. The van der Waals surface area contributed by atoms with E-state index in [1.807, 2.05) is 11.8 Å². The second-order valence-electron chi connectivity index (χ2n) is 5.66. The van der Waals surface area contributed by atoms with Gasteiger partial charge in [0.2, 0.25) is 17.8 Å². The molecule has 3 N–H and O–H groups in total. The highest BCUT2D eigenvalue weighted by Gasteiger charge is 2.33. The lowest BCUT2D eigenvalue weighted by molar-refractivity contribution is 0.0838. The normalized spacial score (nSPS) is 27.3. The van der Waals surface area contributed by atoms with Crippen LogP contribution in [-0.4, -0.2) is 51.8 Å². The minimum Gasteiger partial charge on any atom is -0.388 e. The molecule has 7 heteroatoms. The second kappa shape index (κ2) is 4.48. The number of nitrogens with zero attached hydrogens (tertiary/aromatic N) is 5. The van der Waals surface area contributed by atoms with E-state index in [0.29, 0.717) is 18.4 Å². The molecule has 0 amide bonds. The molecule has 1 unspecified atom stereocenters. The number of aliphatic hydroxyl groups is 1. The molecule has 0 saturated carbocycles. The van der Waals surface area contributed by atoms with Gasteiger partial charge in [-0.25, -0.2) is 0 Å². The Bertz CT molecular complexity index is 471. The van der Waals surface area contributed by atoms with Crippen LogP contribution in [0.4, 0.5) is 17.8 Å². The lowest BCUT2D eigenvalue weighted by atomic mass is 10.1. The summed E-state index contributed by atoms with van der Waals surface area (Å²) in [5.41, 5.74) is 5.11. The lowest BCUT2D eigenvalue weighted by Crippen LogP contribution is -2.31. The predicted octanol–water partition coefficient (Wildman–Crippen LogP) is 0.0151. The van der Waals surface area contributed by atoms with E-state index in [9.17, 15) is 5.11 Å². The van der Waals surface area contributed by atoms with Crippen LogP contribution in [0.25, 0.3) is 0 Å². The van der Waals surface area contributed by atoms with Crippen LogP contribution in [0.5, 0.6) is 0 Å². The van der Waals surface area contributed by atoms with E-state index in [2.05, 4.69) is 19.9 Å². The molecule has 2 aliphatic rings. The molecule has 0 radical (unpaired) electrons. The van der Waals surface area contributed by atoms with E-state index < -0.39 is 5.60 Å². The first-order chi connectivity index (χ1) is 9.03. The highest BCUT2D eigenvalue weighted by molar-refractivity contribution is 5.45. The fourth-order valence-corrected chi connectivity index (χ4v) is 2.69. The maximum atomic E-state index is 10.0. The molecule has 0 aliphatic carbocycles. The molecule has 3 rings (SSSR count). The largest absolute Gasteiger partial charge is 0.388 e. The number of β-amino-alcohol motifs (C(OH)–C–C–N with tert-alkyl or cyclic N) is 1. The summed E-state index contributed by atoms with van der Waals surface area (Å²) >= 11 is 0. The maximum absolute atomic E-state index is 10.0. The van der Waals surface area contributed by atoms with Crippen LogP contribution < -0.4 is 15.5 Å². The van der Waals surface area contributed by atoms with Crippen LogP contribution in [0.15, 0.2) is 0 Å². The van der Waals surface area contributed by atoms with E-state index in [-0.39, 0.29) is 5.95 Å². The van der Waals surface area contributed by atoms with E-state index in [1.165, 1.54) is 12.8 Å². The van der Waals surface area contributed by atoms with Crippen molar-refractivity contribution in [3.05, 3.63) is 0 Å². The number of anilines is 3. The van der Waals surface area contributed by atoms with Crippen LogP contribution in [-0.2, 0) is 0 Å². The summed E-state index contributed by atoms with van der Waals surface area (Å²) in [4.78, 5) is 17.0. The summed E-state index contributed by atoms with van der Waals surface area (Å²) in [5, 5.41) is 10.0. The Hall–Kier alpha value is -1.63. The van der Waals surface area contributed by atoms with Gasteiger partial charge < -0.3 is 20.6 Å². The topological polar surface area (TPSA) is 91.4 Å². The summed E-state index contributed by atoms with van der Waals surface area (Å²) in [5.74, 6) is 1.48. The number of nitrogens with two attached hydrogens (primary N) is 1. The highest BCUT2D eigenvalue weighted by atomic mass is 16.3. The second-order valence-corrected chi connectivity index (χ2v) is 5.66. The fourth-order valence-electron chi connectivity index (χ4n) is 2.69. The summed E-state index contributed by atoms with van der Waals surface area (Å²) < 4.78 is 0. The van der Waals surface area contributed by atoms with Crippen molar-refractivity contribution >= 4 is 17.8 Å². The van der Waals surface area contributed by atoms with Crippen LogP contribution in [0.1, 0.15) is 26.2 Å². The van der Waals surface area contributed by atoms with Gasteiger partial charge in [0.05, 0.1) is 5.60 Å². The SMILES string of the molecule is CC1(O)CCN(c2nc(N)nc(N3CCCC3)n2)C1. The van der Waals surface area contributed by atoms with Crippen LogP contribution >= 0.6 is 0 Å². The van der Waals surface area contributed by atoms with Crippen molar-refractivity contribution in [1.29, 1.82) is 0 Å². The van der Waals surface area contributed by atoms with Gasteiger partial charge in [0, 0.05) is 26.2 Å². The molecular formula is C12H20N6O.